The Morgan fingerprint density at radius 3 is 2.65 bits per heavy atom. The molecule has 1 aliphatic heterocycles. The Morgan fingerprint density at radius 1 is 1.30 bits per heavy atom. The summed E-state index contributed by atoms with van der Waals surface area (Å²) in [6.07, 6.45) is 0.381. The molecule has 110 valence electrons. The number of esters is 1. The van der Waals surface area contributed by atoms with E-state index in [9.17, 15) is 4.79 Å². The van der Waals surface area contributed by atoms with Gasteiger partial charge in [-0.25, -0.2) is 0 Å². The minimum atomic E-state index is -0.193. The molecule has 0 spiro atoms. The molecule has 0 saturated carbocycles. The molecule has 20 heavy (non-hydrogen) atoms. The number of hydrogen-bond donors (Lipinski definition) is 1. The third kappa shape index (κ3) is 4.83. The summed E-state index contributed by atoms with van der Waals surface area (Å²) in [6.45, 7) is 5.21. The summed E-state index contributed by atoms with van der Waals surface area (Å²) in [7, 11) is 1.41. The maximum absolute atomic E-state index is 11.0. The van der Waals surface area contributed by atoms with E-state index in [0.717, 1.165) is 38.5 Å². The molecule has 2 rings (SSSR count). The lowest BCUT2D eigenvalue weighted by molar-refractivity contribution is -0.140. The van der Waals surface area contributed by atoms with Crippen LogP contribution in [0.2, 0.25) is 0 Å². The highest BCUT2D eigenvalue weighted by atomic mass is 16.5. The van der Waals surface area contributed by atoms with Crippen molar-refractivity contribution < 1.29 is 14.3 Å². The van der Waals surface area contributed by atoms with Gasteiger partial charge in [-0.2, -0.15) is 0 Å². The van der Waals surface area contributed by atoms with Gasteiger partial charge in [-0.3, -0.25) is 9.69 Å². The molecule has 0 atom stereocenters. The van der Waals surface area contributed by atoms with Gasteiger partial charge in [0, 0.05) is 31.9 Å². The van der Waals surface area contributed by atoms with E-state index >= 15 is 0 Å². The molecule has 0 aliphatic carbocycles. The molecule has 1 aromatic carbocycles. The number of rotatable bonds is 6. The van der Waals surface area contributed by atoms with Gasteiger partial charge in [0.15, 0.2) is 0 Å². The van der Waals surface area contributed by atoms with Crippen molar-refractivity contribution in [3.05, 3.63) is 29.8 Å². The largest absolute Gasteiger partial charge is 0.469 e. The molecule has 1 saturated heterocycles. The molecule has 1 fully saturated rings. The van der Waals surface area contributed by atoms with E-state index in [0.29, 0.717) is 13.0 Å². The van der Waals surface area contributed by atoms with Crippen molar-refractivity contribution in [1.29, 1.82) is 0 Å². The van der Waals surface area contributed by atoms with Gasteiger partial charge in [0.05, 0.1) is 26.7 Å². The van der Waals surface area contributed by atoms with E-state index in [-0.39, 0.29) is 5.97 Å². The lowest BCUT2D eigenvalue weighted by atomic mass is 10.2. The molecular weight excluding hydrogens is 256 g/mol. The molecule has 0 bridgehead atoms. The number of benzene rings is 1. The van der Waals surface area contributed by atoms with Crippen LogP contribution in [0.4, 0.5) is 5.69 Å². The summed E-state index contributed by atoms with van der Waals surface area (Å²) in [6, 6.07) is 8.34. The summed E-state index contributed by atoms with van der Waals surface area (Å²) in [4.78, 5) is 13.4. The number of carbonyl (C=O) groups excluding carboxylic acids is 1. The first-order valence-electron chi connectivity index (χ1n) is 6.97. The van der Waals surface area contributed by atoms with Gasteiger partial charge in [0.1, 0.15) is 0 Å². The third-order valence-corrected chi connectivity index (χ3v) is 3.35. The lowest BCUT2D eigenvalue weighted by Crippen LogP contribution is -2.35. The molecule has 0 radical (unpaired) electrons. The molecule has 5 nitrogen and oxygen atoms in total. The van der Waals surface area contributed by atoms with Gasteiger partial charge < -0.3 is 14.8 Å². The van der Waals surface area contributed by atoms with Gasteiger partial charge in [-0.05, 0) is 17.7 Å². The normalized spacial score (nSPS) is 15.8. The molecule has 1 aliphatic rings. The first-order valence-corrected chi connectivity index (χ1v) is 6.97. The second kappa shape index (κ2) is 7.87. The fraction of sp³-hybridized carbons (Fsp3) is 0.533. The SMILES string of the molecule is COC(=O)CCNc1ccc(CN2CCOCC2)cc1. The van der Waals surface area contributed by atoms with Crippen molar-refractivity contribution in [1.82, 2.24) is 4.90 Å². The number of nitrogens with one attached hydrogen (secondary N) is 1. The average molecular weight is 278 g/mol. The summed E-state index contributed by atoms with van der Waals surface area (Å²) in [5, 5.41) is 3.21. The van der Waals surface area contributed by atoms with Gasteiger partial charge in [0.25, 0.3) is 0 Å². The maximum Gasteiger partial charge on any atom is 0.307 e. The maximum atomic E-state index is 11.0. The van der Waals surface area contributed by atoms with Crippen LogP contribution in [0.25, 0.3) is 0 Å². The number of carbonyl (C=O) groups is 1. The quantitative estimate of drug-likeness (QED) is 0.799. The van der Waals surface area contributed by atoms with Gasteiger partial charge in [-0.15, -0.1) is 0 Å². The molecule has 5 heteroatoms. The van der Waals surface area contributed by atoms with Gasteiger partial charge in [-0.1, -0.05) is 12.1 Å². The molecule has 0 amide bonds. The van der Waals surface area contributed by atoms with E-state index in [1.165, 1.54) is 12.7 Å². The van der Waals surface area contributed by atoms with Crippen LogP contribution in [0.5, 0.6) is 0 Å². The number of ether oxygens (including phenoxy) is 2. The zero-order chi connectivity index (χ0) is 14.2. The van der Waals surface area contributed by atoms with E-state index in [1.54, 1.807) is 0 Å². The van der Waals surface area contributed by atoms with E-state index in [1.807, 2.05) is 12.1 Å². The third-order valence-electron chi connectivity index (χ3n) is 3.35. The zero-order valence-corrected chi connectivity index (χ0v) is 11.9. The monoisotopic (exact) mass is 278 g/mol. The van der Waals surface area contributed by atoms with Crippen molar-refractivity contribution in [2.24, 2.45) is 0 Å². The van der Waals surface area contributed by atoms with Crippen molar-refractivity contribution in [3.8, 4) is 0 Å². The average Bonchev–Trinajstić information content (AvgIpc) is 2.50. The molecule has 0 aromatic heterocycles. The van der Waals surface area contributed by atoms with Crippen molar-refractivity contribution in [3.63, 3.8) is 0 Å². The second-order valence-electron chi connectivity index (χ2n) is 4.84. The Hall–Kier alpha value is -1.59. The summed E-state index contributed by atoms with van der Waals surface area (Å²) in [5.41, 5.74) is 2.32. The Morgan fingerprint density at radius 2 is 2.00 bits per heavy atom. The fourth-order valence-corrected chi connectivity index (χ4v) is 2.16. The highest BCUT2D eigenvalue weighted by molar-refractivity contribution is 5.69. The molecule has 1 N–H and O–H groups in total. The smallest absolute Gasteiger partial charge is 0.307 e. The Balaban J connectivity index is 1.75. The molecule has 1 heterocycles. The number of anilines is 1. The first-order chi connectivity index (χ1) is 9.78. The molecule has 0 unspecified atom stereocenters. The highest BCUT2D eigenvalue weighted by Gasteiger charge is 2.10. The van der Waals surface area contributed by atoms with Crippen LogP contribution < -0.4 is 5.32 Å². The molecule has 1 aromatic rings. The highest BCUT2D eigenvalue weighted by Crippen LogP contribution is 2.12. The number of nitrogens with zero attached hydrogens (tertiary/aromatic N) is 1. The Labute approximate surface area is 119 Å². The standard InChI is InChI=1S/C15H22N2O3/c1-19-15(18)6-7-16-14-4-2-13(3-5-14)12-17-8-10-20-11-9-17/h2-5,16H,6-12H2,1H3. The van der Waals surface area contributed by atoms with Crippen LogP contribution in [0, 0.1) is 0 Å². The lowest BCUT2D eigenvalue weighted by Gasteiger charge is -2.26. The number of methoxy groups -OCH3 is 1. The van der Waals surface area contributed by atoms with E-state index in [2.05, 4.69) is 27.1 Å². The molecular formula is C15H22N2O3. The number of hydrogen-bond acceptors (Lipinski definition) is 5. The summed E-state index contributed by atoms with van der Waals surface area (Å²) >= 11 is 0. The van der Waals surface area contributed by atoms with Crippen LogP contribution >= 0.6 is 0 Å². The summed E-state index contributed by atoms with van der Waals surface area (Å²) in [5.74, 6) is -0.193. The Bertz CT molecular complexity index is 414. The van der Waals surface area contributed by atoms with Gasteiger partial charge in [0.2, 0.25) is 0 Å². The van der Waals surface area contributed by atoms with Crippen LogP contribution in [-0.4, -0.2) is 50.8 Å². The zero-order valence-electron chi connectivity index (χ0n) is 11.9. The van der Waals surface area contributed by atoms with Crippen LogP contribution in [0.15, 0.2) is 24.3 Å². The van der Waals surface area contributed by atoms with Crippen molar-refractivity contribution >= 4 is 11.7 Å². The van der Waals surface area contributed by atoms with Crippen LogP contribution in [0.3, 0.4) is 0 Å². The van der Waals surface area contributed by atoms with Crippen LogP contribution in [-0.2, 0) is 20.8 Å². The van der Waals surface area contributed by atoms with E-state index < -0.39 is 0 Å². The van der Waals surface area contributed by atoms with Crippen molar-refractivity contribution in [2.75, 3.05) is 45.3 Å². The topological polar surface area (TPSA) is 50.8 Å². The van der Waals surface area contributed by atoms with E-state index in [4.69, 9.17) is 4.74 Å². The van der Waals surface area contributed by atoms with Crippen LogP contribution in [0.1, 0.15) is 12.0 Å². The summed E-state index contributed by atoms with van der Waals surface area (Å²) < 4.78 is 9.94. The minimum Gasteiger partial charge on any atom is -0.469 e. The first kappa shape index (κ1) is 14.8. The fourth-order valence-electron chi connectivity index (χ4n) is 2.16. The van der Waals surface area contributed by atoms with Gasteiger partial charge >= 0.3 is 5.97 Å². The second-order valence-corrected chi connectivity index (χ2v) is 4.84. The Kier molecular flexibility index (Phi) is 5.83. The minimum absolute atomic E-state index is 0.193. The predicted molar refractivity (Wildman–Crippen MR) is 77.7 cm³/mol. The van der Waals surface area contributed by atoms with Crippen molar-refractivity contribution in [2.45, 2.75) is 13.0 Å². The number of morpholine rings is 1. The predicted octanol–water partition coefficient (Wildman–Crippen LogP) is 1.49.